The molecule has 1 fully saturated rings. The molecule has 0 aliphatic carbocycles. The molecule has 1 aliphatic rings. The molecule has 1 aliphatic heterocycles. The van der Waals surface area contributed by atoms with Crippen molar-refractivity contribution in [1.82, 2.24) is 15.5 Å². The third kappa shape index (κ3) is 6.52. The quantitative estimate of drug-likeness (QED) is 0.675. The average molecular weight is 451 g/mol. The van der Waals surface area contributed by atoms with Crippen LogP contribution in [0.3, 0.4) is 0 Å². The van der Waals surface area contributed by atoms with Crippen molar-refractivity contribution < 1.29 is 4.79 Å². The van der Waals surface area contributed by atoms with Crippen LogP contribution in [0.4, 0.5) is 4.79 Å². The fraction of sp³-hybridized carbons (Fsp3) is 0.381. The van der Waals surface area contributed by atoms with E-state index in [1.807, 2.05) is 30.3 Å². The average Bonchev–Trinajstić information content (AvgIpc) is 2.67. The Bertz CT molecular complexity index is 745. The largest absolute Gasteiger partial charge is 0.338 e. The molecular weight excluding hydrogens is 426 g/mol. The maximum Gasteiger partial charge on any atom is 0.315 e. The van der Waals surface area contributed by atoms with E-state index in [0.29, 0.717) is 6.54 Å². The second-order valence-corrected chi connectivity index (χ2v) is 8.21. The SMILES string of the molecule is O=C(NCCc1ccccc1Br)NC1CCN(Cc2ccc(Cl)cc2)CC1. The second kappa shape index (κ2) is 10.1. The number of nitrogens with zero attached hydrogens (tertiary/aromatic N) is 1. The summed E-state index contributed by atoms with van der Waals surface area (Å²) in [4.78, 5) is 14.6. The van der Waals surface area contributed by atoms with E-state index in [0.717, 1.165) is 48.4 Å². The lowest BCUT2D eigenvalue weighted by atomic mass is 10.0. The minimum atomic E-state index is -0.0711. The van der Waals surface area contributed by atoms with Gasteiger partial charge in [0.1, 0.15) is 0 Å². The summed E-state index contributed by atoms with van der Waals surface area (Å²) in [6.45, 7) is 3.54. The van der Waals surface area contributed by atoms with E-state index in [-0.39, 0.29) is 12.1 Å². The molecule has 0 spiro atoms. The number of amides is 2. The van der Waals surface area contributed by atoms with E-state index >= 15 is 0 Å². The zero-order valence-electron chi connectivity index (χ0n) is 15.3. The summed E-state index contributed by atoms with van der Waals surface area (Å²) in [7, 11) is 0. The molecule has 0 atom stereocenters. The highest BCUT2D eigenvalue weighted by Gasteiger charge is 2.20. The molecule has 0 radical (unpaired) electrons. The van der Waals surface area contributed by atoms with Gasteiger partial charge in [-0.15, -0.1) is 0 Å². The number of carbonyl (C=O) groups is 1. The Labute approximate surface area is 174 Å². The third-order valence-electron chi connectivity index (χ3n) is 4.88. The van der Waals surface area contributed by atoms with Gasteiger partial charge in [0.05, 0.1) is 0 Å². The lowest BCUT2D eigenvalue weighted by Crippen LogP contribution is -2.48. The standard InChI is InChI=1S/C21H25BrClN3O/c22-20-4-2-1-3-17(20)9-12-24-21(27)25-19-10-13-26(14-11-19)15-16-5-7-18(23)8-6-16/h1-8,19H,9-15H2,(H2,24,25,27). The van der Waals surface area contributed by atoms with Gasteiger partial charge in [-0.1, -0.05) is 57.9 Å². The molecular formula is C21H25BrClN3O. The highest BCUT2D eigenvalue weighted by atomic mass is 79.9. The van der Waals surface area contributed by atoms with Crippen molar-refractivity contribution in [3.63, 3.8) is 0 Å². The van der Waals surface area contributed by atoms with Crippen LogP contribution in [0.15, 0.2) is 53.0 Å². The molecule has 0 saturated carbocycles. The lowest BCUT2D eigenvalue weighted by molar-refractivity contribution is 0.186. The van der Waals surface area contributed by atoms with E-state index in [4.69, 9.17) is 11.6 Å². The summed E-state index contributed by atoms with van der Waals surface area (Å²) in [6, 6.07) is 16.3. The monoisotopic (exact) mass is 449 g/mol. The van der Waals surface area contributed by atoms with Crippen molar-refractivity contribution in [1.29, 1.82) is 0 Å². The maximum absolute atomic E-state index is 12.1. The Hall–Kier alpha value is -1.56. The van der Waals surface area contributed by atoms with Gasteiger partial charge in [-0.05, 0) is 48.6 Å². The Morgan fingerprint density at radius 3 is 2.52 bits per heavy atom. The van der Waals surface area contributed by atoms with Crippen LogP contribution >= 0.6 is 27.5 Å². The van der Waals surface area contributed by atoms with Crippen molar-refractivity contribution in [2.24, 2.45) is 0 Å². The van der Waals surface area contributed by atoms with Gasteiger partial charge in [-0.2, -0.15) is 0 Å². The van der Waals surface area contributed by atoms with Crippen molar-refractivity contribution in [3.05, 3.63) is 69.2 Å². The number of hydrogen-bond acceptors (Lipinski definition) is 2. The van der Waals surface area contributed by atoms with Gasteiger partial charge in [-0.3, -0.25) is 4.90 Å². The predicted molar refractivity (Wildman–Crippen MR) is 114 cm³/mol. The first-order chi connectivity index (χ1) is 13.1. The van der Waals surface area contributed by atoms with E-state index in [2.05, 4.69) is 49.7 Å². The number of halogens is 2. The highest BCUT2D eigenvalue weighted by Crippen LogP contribution is 2.17. The number of benzene rings is 2. The normalized spacial score (nSPS) is 15.5. The van der Waals surface area contributed by atoms with E-state index in [1.54, 1.807) is 0 Å². The smallest absolute Gasteiger partial charge is 0.315 e. The number of hydrogen-bond donors (Lipinski definition) is 2. The molecule has 27 heavy (non-hydrogen) atoms. The molecule has 4 nitrogen and oxygen atoms in total. The molecule has 3 rings (SSSR count). The van der Waals surface area contributed by atoms with E-state index in [9.17, 15) is 4.79 Å². The van der Waals surface area contributed by atoms with Crippen LogP contribution in [-0.2, 0) is 13.0 Å². The molecule has 0 aromatic heterocycles. The van der Waals surface area contributed by atoms with Gasteiger partial charge < -0.3 is 10.6 Å². The van der Waals surface area contributed by atoms with Gasteiger partial charge >= 0.3 is 6.03 Å². The number of carbonyl (C=O) groups excluding carboxylic acids is 1. The summed E-state index contributed by atoms with van der Waals surface area (Å²) in [5.41, 5.74) is 2.48. The molecule has 2 aromatic carbocycles. The maximum atomic E-state index is 12.1. The van der Waals surface area contributed by atoms with Crippen LogP contribution in [0.2, 0.25) is 5.02 Å². The van der Waals surface area contributed by atoms with Crippen molar-refractivity contribution in [3.8, 4) is 0 Å². The van der Waals surface area contributed by atoms with Crippen LogP contribution in [0.1, 0.15) is 24.0 Å². The fourth-order valence-corrected chi connectivity index (χ4v) is 3.94. The molecule has 6 heteroatoms. The number of rotatable bonds is 6. The Morgan fingerprint density at radius 2 is 1.81 bits per heavy atom. The first-order valence-corrected chi connectivity index (χ1v) is 10.5. The van der Waals surface area contributed by atoms with Crippen LogP contribution in [0.5, 0.6) is 0 Å². The molecule has 0 unspecified atom stereocenters. The molecule has 2 aromatic rings. The summed E-state index contributed by atoms with van der Waals surface area (Å²) in [6.07, 6.45) is 2.77. The molecule has 2 N–H and O–H groups in total. The molecule has 0 bridgehead atoms. The Kier molecular flexibility index (Phi) is 7.56. The Balaban J connectivity index is 1.34. The van der Waals surface area contributed by atoms with Crippen molar-refractivity contribution in [2.45, 2.75) is 31.8 Å². The number of piperidine rings is 1. The first kappa shape index (κ1) is 20.2. The highest BCUT2D eigenvalue weighted by molar-refractivity contribution is 9.10. The van der Waals surface area contributed by atoms with Crippen LogP contribution in [0.25, 0.3) is 0 Å². The summed E-state index contributed by atoms with van der Waals surface area (Å²) in [5.74, 6) is 0. The minimum Gasteiger partial charge on any atom is -0.338 e. The fourth-order valence-electron chi connectivity index (χ4n) is 3.33. The van der Waals surface area contributed by atoms with Crippen LogP contribution in [0, 0.1) is 0 Å². The van der Waals surface area contributed by atoms with Gasteiger partial charge in [0, 0.05) is 41.7 Å². The van der Waals surface area contributed by atoms with E-state index in [1.165, 1.54) is 11.1 Å². The molecule has 1 heterocycles. The summed E-state index contributed by atoms with van der Waals surface area (Å²) >= 11 is 9.47. The lowest BCUT2D eigenvalue weighted by Gasteiger charge is -2.32. The third-order valence-corrected chi connectivity index (χ3v) is 5.91. The molecule has 1 saturated heterocycles. The second-order valence-electron chi connectivity index (χ2n) is 6.92. The number of likely N-dealkylation sites (tertiary alicyclic amines) is 1. The molecule has 144 valence electrons. The van der Waals surface area contributed by atoms with Gasteiger partial charge in [-0.25, -0.2) is 4.79 Å². The van der Waals surface area contributed by atoms with E-state index < -0.39 is 0 Å². The number of urea groups is 1. The zero-order valence-corrected chi connectivity index (χ0v) is 17.6. The summed E-state index contributed by atoms with van der Waals surface area (Å²) in [5, 5.41) is 6.84. The summed E-state index contributed by atoms with van der Waals surface area (Å²) < 4.78 is 1.08. The van der Waals surface area contributed by atoms with Gasteiger partial charge in [0.25, 0.3) is 0 Å². The van der Waals surface area contributed by atoms with Crippen LogP contribution in [-0.4, -0.2) is 36.6 Å². The van der Waals surface area contributed by atoms with Crippen molar-refractivity contribution >= 4 is 33.6 Å². The van der Waals surface area contributed by atoms with Crippen molar-refractivity contribution in [2.75, 3.05) is 19.6 Å². The first-order valence-electron chi connectivity index (χ1n) is 9.35. The predicted octanol–water partition coefficient (Wildman–Crippen LogP) is 4.61. The topological polar surface area (TPSA) is 44.4 Å². The zero-order chi connectivity index (χ0) is 19.1. The van der Waals surface area contributed by atoms with Crippen LogP contribution < -0.4 is 10.6 Å². The van der Waals surface area contributed by atoms with Gasteiger partial charge in [0.15, 0.2) is 0 Å². The minimum absolute atomic E-state index is 0.0711. The van der Waals surface area contributed by atoms with Gasteiger partial charge in [0.2, 0.25) is 0 Å². The Morgan fingerprint density at radius 1 is 1.11 bits per heavy atom. The molecule has 2 amide bonds. The number of nitrogens with one attached hydrogen (secondary N) is 2.